The molecule has 1 unspecified atom stereocenters. The van der Waals surface area contributed by atoms with E-state index in [1.807, 2.05) is 4.90 Å². The average Bonchev–Trinajstić information content (AvgIpc) is 3.02. The van der Waals surface area contributed by atoms with Crippen LogP contribution in [-0.4, -0.2) is 54.3 Å². The lowest BCUT2D eigenvalue weighted by atomic mass is 10.1. The zero-order valence-electron chi connectivity index (χ0n) is 15.9. The lowest BCUT2D eigenvalue weighted by Gasteiger charge is -2.26. The third kappa shape index (κ3) is 5.31. The van der Waals surface area contributed by atoms with Crippen LogP contribution in [0.5, 0.6) is 0 Å². The number of nitrogens with one attached hydrogen (secondary N) is 1. The molecule has 1 N–H and O–H groups in total. The van der Waals surface area contributed by atoms with Crippen molar-refractivity contribution in [3.63, 3.8) is 0 Å². The molecule has 0 bridgehead atoms. The molecule has 0 radical (unpaired) electrons. The fraction of sp³-hybridized carbons (Fsp3) is 0.619. The second-order valence-electron chi connectivity index (χ2n) is 7.71. The SMILES string of the molecule is Cc1ccc(CN2CC(C(=O)NCCCN3CCCCC3)CC2=O)cc1. The largest absolute Gasteiger partial charge is 0.356 e. The van der Waals surface area contributed by atoms with Gasteiger partial charge in [0.25, 0.3) is 0 Å². The van der Waals surface area contributed by atoms with Crippen molar-refractivity contribution < 1.29 is 9.59 Å². The molecule has 0 aliphatic carbocycles. The predicted molar refractivity (Wildman–Crippen MR) is 103 cm³/mol. The first-order valence-electron chi connectivity index (χ1n) is 9.95. The molecule has 2 amide bonds. The van der Waals surface area contributed by atoms with Gasteiger partial charge in [-0.15, -0.1) is 0 Å². The Morgan fingerprint density at radius 2 is 1.88 bits per heavy atom. The molecular weight excluding hydrogens is 326 g/mol. The van der Waals surface area contributed by atoms with Crippen molar-refractivity contribution in [2.75, 3.05) is 32.7 Å². The number of nitrogens with zero attached hydrogens (tertiary/aromatic N) is 2. The lowest BCUT2D eigenvalue weighted by molar-refractivity contribution is -0.129. The van der Waals surface area contributed by atoms with Crippen molar-refractivity contribution in [3.05, 3.63) is 35.4 Å². The molecule has 5 heteroatoms. The van der Waals surface area contributed by atoms with Crippen LogP contribution < -0.4 is 5.32 Å². The van der Waals surface area contributed by atoms with Gasteiger partial charge in [-0.3, -0.25) is 9.59 Å². The predicted octanol–water partition coefficient (Wildman–Crippen LogP) is 2.34. The topological polar surface area (TPSA) is 52.7 Å². The first-order valence-corrected chi connectivity index (χ1v) is 9.95. The minimum Gasteiger partial charge on any atom is -0.356 e. The van der Waals surface area contributed by atoms with E-state index in [4.69, 9.17) is 0 Å². The summed E-state index contributed by atoms with van der Waals surface area (Å²) in [6.07, 6.45) is 5.27. The van der Waals surface area contributed by atoms with Crippen LogP contribution in [0.25, 0.3) is 0 Å². The van der Waals surface area contributed by atoms with Crippen molar-refractivity contribution in [1.29, 1.82) is 0 Å². The Morgan fingerprint density at radius 1 is 1.15 bits per heavy atom. The quantitative estimate of drug-likeness (QED) is 0.762. The third-order valence-corrected chi connectivity index (χ3v) is 5.48. The number of aryl methyl sites for hydroxylation is 1. The molecule has 5 nitrogen and oxygen atoms in total. The number of hydrogen-bond acceptors (Lipinski definition) is 3. The molecule has 2 aliphatic heterocycles. The summed E-state index contributed by atoms with van der Waals surface area (Å²) in [5, 5.41) is 3.03. The Labute approximate surface area is 156 Å². The summed E-state index contributed by atoms with van der Waals surface area (Å²) in [7, 11) is 0. The summed E-state index contributed by atoms with van der Waals surface area (Å²) in [5.41, 5.74) is 2.33. The Hall–Kier alpha value is -1.88. The molecular formula is C21H31N3O2. The highest BCUT2D eigenvalue weighted by Gasteiger charge is 2.33. The van der Waals surface area contributed by atoms with Crippen molar-refractivity contribution in [2.24, 2.45) is 5.92 Å². The molecule has 2 aliphatic rings. The first-order chi connectivity index (χ1) is 12.6. The number of carbonyl (C=O) groups is 2. The van der Waals surface area contributed by atoms with Gasteiger partial charge in [-0.1, -0.05) is 36.2 Å². The zero-order chi connectivity index (χ0) is 18.4. The van der Waals surface area contributed by atoms with E-state index in [-0.39, 0.29) is 17.7 Å². The summed E-state index contributed by atoms with van der Waals surface area (Å²) in [4.78, 5) is 28.9. The minimum absolute atomic E-state index is 0.0309. The monoisotopic (exact) mass is 357 g/mol. The highest BCUT2D eigenvalue weighted by atomic mass is 16.2. The van der Waals surface area contributed by atoms with E-state index < -0.39 is 0 Å². The number of likely N-dealkylation sites (tertiary alicyclic amines) is 2. The molecule has 0 spiro atoms. The van der Waals surface area contributed by atoms with Gasteiger partial charge >= 0.3 is 0 Å². The van der Waals surface area contributed by atoms with E-state index in [2.05, 4.69) is 41.4 Å². The van der Waals surface area contributed by atoms with Crippen molar-refractivity contribution in [2.45, 2.75) is 45.6 Å². The molecule has 1 aromatic carbocycles. The van der Waals surface area contributed by atoms with Crippen LogP contribution >= 0.6 is 0 Å². The van der Waals surface area contributed by atoms with Gasteiger partial charge in [0.2, 0.25) is 11.8 Å². The fourth-order valence-corrected chi connectivity index (χ4v) is 3.86. The molecule has 3 rings (SSSR count). The highest BCUT2D eigenvalue weighted by molar-refractivity contribution is 5.89. The number of piperidine rings is 1. The van der Waals surface area contributed by atoms with Gasteiger partial charge in [0.1, 0.15) is 0 Å². The Balaban J connectivity index is 1.38. The summed E-state index contributed by atoms with van der Waals surface area (Å²) < 4.78 is 0. The Kier molecular flexibility index (Phi) is 6.67. The maximum atomic E-state index is 12.4. The van der Waals surface area contributed by atoms with E-state index in [0.717, 1.165) is 18.5 Å². The molecule has 0 saturated carbocycles. The van der Waals surface area contributed by atoms with Crippen LogP contribution in [0.3, 0.4) is 0 Å². The number of amides is 2. The molecule has 0 aromatic heterocycles. The van der Waals surface area contributed by atoms with Gasteiger partial charge in [0, 0.05) is 26.1 Å². The molecule has 2 saturated heterocycles. The standard InChI is InChI=1S/C21H31N3O2/c1-17-6-8-18(9-7-17)15-24-16-19(14-20(24)25)21(26)22-10-5-13-23-11-3-2-4-12-23/h6-9,19H,2-5,10-16H2,1H3,(H,22,26). The van der Waals surface area contributed by atoms with Crippen LogP contribution in [0.2, 0.25) is 0 Å². The zero-order valence-corrected chi connectivity index (χ0v) is 15.9. The van der Waals surface area contributed by atoms with Gasteiger partial charge in [-0.05, 0) is 51.4 Å². The summed E-state index contributed by atoms with van der Waals surface area (Å²) in [6, 6.07) is 8.22. The third-order valence-electron chi connectivity index (χ3n) is 5.48. The van der Waals surface area contributed by atoms with Gasteiger partial charge < -0.3 is 15.1 Å². The van der Waals surface area contributed by atoms with Crippen molar-refractivity contribution in [3.8, 4) is 0 Å². The maximum absolute atomic E-state index is 12.4. The smallest absolute Gasteiger partial charge is 0.225 e. The van der Waals surface area contributed by atoms with E-state index >= 15 is 0 Å². The van der Waals surface area contributed by atoms with E-state index in [9.17, 15) is 9.59 Å². The molecule has 1 aromatic rings. The van der Waals surface area contributed by atoms with E-state index in [1.165, 1.54) is 37.9 Å². The molecule has 26 heavy (non-hydrogen) atoms. The van der Waals surface area contributed by atoms with E-state index in [1.54, 1.807) is 0 Å². The number of hydrogen-bond donors (Lipinski definition) is 1. The maximum Gasteiger partial charge on any atom is 0.225 e. The van der Waals surface area contributed by atoms with Crippen LogP contribution in [-0.2, 0) is 16.1 Å². The van der Waals surface area contributed by atoms with Gasteiger partial charge in [-0.25, -0.2) is 0 Å². The van der Waals surface area contributed by atoms with Crippen molar-refractivity contribution >= 4 is 11.8 Å². The average molecular weight is 357 g/mol. The normalized spacial score (nSPS) is 21.2. The molecule has 142 valence electrons. The lowest BCUT2D eigenvalue weighted by Crippen LogP contribution is -2.36. The number of rotatable bonds is 7. The van der Waals surface area contributed by atoms with Crippen LogP contribution in [0.1, 0.15) is 43.2 Å². The van der Waals surface area contributed by atoms with Crippen LogP contribution in [0.15, 0.2) is 24.3 Å². The van der Waals surface area contributed by atoms with E-state index in [0.29, 0.717) is 26.1 Å². The molecule has 2 fully saturated rings. The Bertz CT molecular complexity index is 608. The summed E-state index contributed by atoms with van der Waals surface area (Å²) >= 11 is 0. The highest BCUT2D eigenvalue weighted by Crippen LogP contribution is 2.20. The Morgan fingerprint density at radius 3 is 2.62 bits per heavy atom. The second kappa shape index (κ2) is 9.17. The minimum atomic E-state index is -0.206. The van der Waals surface area contributed by atoms with Crippen molar-refractivity contribution in [1.82, 2.24) is 15.1 Å². The molecule has 2 heterocycles. The fourth-order valence-electron chi connectivity index (χ4n) is 3.86. The second-order valence-corrected chi connectivity index (χ2v) is 7.71. The number of carbonyl (C=O) groups excluding carboxylic acids is 2. The summed E-state index contributed by atoms with van der Waals surface area (Å²) in [5.74, 6) is -0.0922. The molecule has 1 atom stereocenters. The van der Waals surface area contributed by atoms with Gasteiger partial charge in [0.05, 0.1) is 5.92 Å². The van der Waals surface area contributed by atoms with Crippen LogP contribution in [0, 0.1) is 12.8 Å². The summed E-state index contributed by atoms with van der Waals surface area (Å²) in [6.45, 7) is 7.33. The van der Waals surface area contributed by atoms with Crippen LogP contribution in [0.4, 0.5) is 0 Å². The first kappa shape index (κ1) is 18.9. The van der Waals surface area contributed by atoms with Gasteiger partial charge in [0.15, 0.2) is 0 Å². The number of benzene rings is 1. The van der Waals surface area contributed by atoms with Gasteiger partial charge in [-0.2, -0.15) is 0 Å².